The normalized spacial score (nSPS) is 12.1. The van der Waals surface area contributed by atoms with Gasteiger partial charge in [-0.2, -0.15) is 0 Å². The van der Waals surface area contributed by atoms with Crippen molar-refractivity contribution < 1.29 is 13.4 Å². The first-order valence-electron chi connectivity index (χ1n) is 7.07. The topological polar surface area (TPSA) is 50.5 Å². The minimum atomic E-state index is -1.23. The Morgan fingerprint density at radius 2 is 1.77 bits per heavy atom. The van der Waals surface area contributed by atoms with Crippen molar-refractivity contribution >= 4 is 28.3 Å². The number of benzene rings is 1. The molecule has 0 aliphatic carbocycles. The minimum absolute atomic E-state index is 0.145. The Labute approximate surface area is 137 Å². The van der Waals surface area contributed by atoms with Crippen LogP contribution in [0.3, 0.4) is 0 Å². The summed E-state index contributed by atoms with van der Waals surface area (Å²) in [6, 6.07) is 10.2. The van der Waals surface area contributed by atoms with E-state index >= 15 is 0 Å². The second-order valence-electron chi connectivity index (χ2n) is 4.69. The summed E-state index contributed by atoms with van der Waals surface area (Å²) in [6.45, 7) is 5.09. The fourth-order valence-electron chi connectivity index (χ4n) is 2.04. The fourth-order valence-corrected chi connectivity index (χ4v) is 3.18. The van der Waals surface area contributed by atoms with Crippen molar-refractivity contribution in [2.24, 2.45) is 0 Å². The molecule has 0 bridgehead atoms. The monoisotopic (exact) mass is 339 g/mol. The highest BCUT2D eigenvalue weighted by Crippen LogP contribution is 2.18. The zero-order chi connectivity index (χ0) is 16.1. The lowest BCUT2D eigenvalue weighted by atomic mass is 10.3. The van der Waals surface area contributed by atoms with Crippen LogP contribution in [0.15, 0.2) is 45.7 Å². The Morgan fingerprint density at radius 1 is 1.14 bits per heavy atom. The van der Waals surface area contributed by atoms with E-state index in [1.54, 1.807) is 41.3 Å². The molecule has 1 amide bonds. The number of carbonyl (C=O) groups is 1. The van der Waals surface area contributed by atoms with E-state index in [4.69, 9.17) is 16.0 Å². The van der Waals surface area contributed by atoms with Crippen LogP contribution in [0.25, 0.3) is 0 Å². The molecule has 1 atom stereocenters. The molecule has 0 aliphatic rings. The van der Waals surface area contributed by atoms with Gasteiger partial charge in [-0.05, 0) is 50.2 Å². The molecule has 1 unspecified atom stereocenters. The maximum Gasteiger partial charge on any atom is 0.289 e. The van der Waals surface area contributed by atoms with Crippen molar-refractivity contribution in [3.8, 4) is 0 Å². The Balaban J connectivity index is 2.07. The van der Waals surface area contributed by atoms with Gasteiger partial charge in [0, 0.05) is 23.0 Å². The smallest absolute Gasteiger partial charge is 0.289 e. The van der Waals surface area contributed by atoms with Crippen molar-refractivity contribution in [3.05, 3.63) is 52.9 Å². The molecule has 22 heavy (non-hydrogen) atoms. The van der Waals surface area contributed by atoms with E-state index in [0.29, 0.717) is 28.8 Å². The van der Waals surface area contributed by atoms with E-state index in [-0.39, 0.29) is 17.4 Å². The number of nitrogens with zero attached hydrogens (tertiary/aromatic N) is 1. The van der Waals surface area contributed by atoms with Gasteiger partial charge in [0.1, 0.15) is 5.76 Å². The van der Waals surface area contributed by atoms with Crippen molar-refractivity contribution in [1.82, 2.24) is 4.90 Å². The van der Waals surface area contributed by atoms with Crippen molar-refractivity contribution in [2.45, 2.75) is 24.5 Å². The molecule has 2 aromatic rings. The summed E-state index contributed by atoms with van der Waals surface area (Å²) >= 11 is 5.81. The Hall–Kier alpha value is -1.59. The molecule has 6 heteroatoms. The standard InChI is InChI=1S/C16H18ClNO3S/c1-3-18(4-2)16(19)15-10-7-13(21-15)11-22(20)14-8-5-12(17)6-9-14/h5-10H,3-4,11H2,1-2H3. The van der Waals surface area contributed by atoms with Gasteiger partial charge in [0.25, 0.3) is 5.91 Å². The van der Waals surface area contributed by atoms with Crippen LogP contribution in [-0.2, 0) is 16.6 Å². The van der Waals surface area contributed by atoms with Crippen LogP contribution >= 0.6 is 11.6 Å². The predicted molar refractivity (Wildman–Crippen MR) is 87.5 cm³/mol. The fraction of sp³-hybridized carbons (Fsp3) is 0.312. The molecule has 1 heterocycles. The van der Waals surface area contributed by atoms with Crippen LogP contribution < -0.4 is 0 Å². The highest BCUT2D eigenvalue weighted by molar-refractivity contribution is 7.84. The van der Waals surface area contributed by atoms with Gasteiger partial charge in [0.2, 0.25) is 0 Å². The lowest BCUT2D eigenvalue weighted by Crippen LogP contribution is -2.30. The molecule has 0 saturated heterocycles. The molecule has 1 aromatic carbocycles. The highest BCUT2D eigenvalue weighted by Gasteiger charge is 2.17. The summed E-state index contributed by atoms with van der Waals surface area (Å²) in [5.41, 5.74) is 0. The number of hydrogen-bond acceptors (Lipinski definition) is 3. The summed E-state index contributed by atoms with van der Waals surface area (Å²) in [7, 11) is -1.23. The molecule has 0 fully saturated rings. The molecule has 0 N–H and O–H groups in total. The van der Waals surface area contributed by atoms with E-state index in [1.165, 1.54) is 0 Å². The lowest BCUT2D eigenvalue weighted by molar-refractivity contribution is 0.0739. The molecule has 1 aromatic heterocycles. The number of carbonyl (C=O) groups excluding carboxylic acids is 1. The molecule has 2 rings (SSSR count). The van der Waals surface area contributed by atoms with E-state index < -0.39 is 10.8 Å². The van der Waals surface area contributed by atoms with Gasteiger partial charge in [-0.15, -0.1) is 0 Å². The number of hydrogen-bond donors (Lipinski definition) is 0. The van der Waals surface area contributed by atoms with Crippen molar-refractivity contribution in [3.63, 3.8) is 0 Å². The van der Waals surface area contributed by atoms with Crippen molar-refractivity contribution in [1.29, 1.82) is 0 Å². The zero-order valence-corrected chi connectivity index (χ0v) is 14.1. The van der Waals surface area contributed by atoms with E-state index in [1.807, 2.05) is 13.8 Å². The van der Waals surface area contributed by atoms with Gasteiger partial charge in [-0.25, -0.2) is 0 Å². The van der Waals surface area contributed by atoms with E-state index in [9.17, 15) is 9.00 Å². The first-order valence-corrected chi connectivity index (χ1v) is 8.76. The summed E-state index contributed by atoms with van der Waals surface area (Å²) in [5.74, 6) is 0.900. The molecular formula is C16H18ClNO3S. The maximum absolute atomic E-state index is 12.3. The second-order valence-corrected chi connectivity index (χ2v) is 6.57. The minimum Gasteiger partial charge on any atom is -0.455 e. The first kappa shape index (κ1) is 16.8. The van der Waals surface area contributed by atoms with Gasteiger partial charge in [0.15, 0.2) is 5.76 Å². The molecule has 0 saturated carbocycles. The van der Waals surface area contributed by atoms with Crippen LogP contribution in [0.5, 0.6) is 0 Å². The first-order chi connectivity index (χ1) is 10.5. The Kier molecular flexibility index (Phi) is 5.80. The predicted octanol–water partition coefficient (Wildman–Crippen LogP) is 3.72. The quantitative estimate of drug-likeness (QED) is 0.805. The Morgan fingerprint density at radius 3 is 2.36 bits per heavy atom. The summed E-state index contributed by atoms with van der Waals surface area (Å²) in [6.07, 6.45) is 0. The lowest BCUT2D eigenvalue weighted by Gasteiger charge is -2.16. The van der Waals surface area contributed by atoms with E-state index in [2.05, 4.69) is 0 Å². The van der Waals surface area contributed by atoms with Crippen LogP contribution in [0.4, 0.5) is 0 Å². The van der Waals surface area contributed by atoms with Crippen LogP contribution in [-0.4, -0.2) is 28.1 Å². The molecular weight excluding hydrogens is 322 g/mol. The zero-order valence-electron chi connectivity index (χ0n) is 12.5. The molecule has 0 aliphatic heterocycles. The molecule has 0 radical (unpaired) electrons. The number of rotatable bonds is 6. The SMILES string of the molecule is CCN(CC)C(=O)c1ccc(CS(=O)c2ccc(Cl)cc2)o1. The molecule has 4 nitrogen and oxygen atoms in total. The van der Waals surface area contributed by atoms with Gasteiger partial charge in [0.05, 0.1) is 16.6 Å². The second kappa shape index (κ2) is 7.61. The van der Waals surface area contributed by atoms with Gasteiger partial charge < -0.3 is 9.32 Å². The summed E-state index contributed by atoms with van der Waals surface area (Å²) in [4.78, 5) is 14.5. The van der Waals surface area contributed by atoms with Crippen LogP contribution in [0.1, 0.15) is 30.2 Å². The average Bonchev–Trinajstić information content (AvgIpc) is 2.97. The number of halogens is 1. The number of furan rings is 1. The average molecular weight is 340 g/mol. The number of amides is 1. The van der Waals surface area contributed by atoms with Gasteiger partial charge >= 0.3 is 0 Å². The molecule has 0 spiro atoms. The van der Waals surface area contributed by atoms with E-state index in [0.717, 1.165) is 0 Å². The summed E-state index contributed by atoms with van der Waals surface area (Å²) < 4.78 is 17.8. The van der Waals surface area contributed by atoms with Gasteiger partial charge in [-0.1, -0.05) is 11.6 Å². The third-order valence-corrected chi connectivity index (χ3v) is 4.87. The maximum atomic E-state index is 12.3. The highest BCUT2D eigenvalue weighted by atomic mass is 35.5. The Bertz CT molecular complexity index is 662. The van der Waals surface area contributed by atoms with Crippen LogP contribution in [0, 0.1) is 0 Å². The summed E-state index contributed by atoms with van der Waals surface area (Å²) in [5, 5.41) is 0.603. The van der Waals surface area contributed by atoms with Crippen molar-refractivity contribution in [2.75, 3.05) is 13.1 Å². The van der Waals surface area contributed by atoms with Gasteiger partial charge in [-0.3, -0.25) is 9.00 Å². The third kappa shape index (κ3) is 3.99. The largest absolute Gasteiger partial charge is 0.455 e. The van der Waals surface area contributed by atoms with Crippen LogP contribution in [0.2, 0.25) is 5.02 Å². The third-order valence-electron chi connectivity index (χ3n) is 3.27. The molecule has 118 valence electrons.